The Kier molecular flexibility index (Phi) is 7.44. The van der Waals surface area contributed by atoms with E-state index < -0.39 is 12.7 Å². The van der Waals surface area contributed by atoms with Crippen molar-refractivity contribution in [1.82, 2.24) is 10.6 Å². The summed E-state index contributed by atoms with van der Waals surface area (Å²) in [7, 11) is 0. The van der Waals surface area contributed by atoms with Crippen molar-refractivity contribution in [3.8, 4) is 5.75 Å². The minimum atomic E-state index is -2.85. The van der Waals surface area contributed by atoms with Gasteiger partial charge in [-0.25, -0.2) is 0 Å². The van der Waals surface area contributed by atoms with Crippen LogP contribution in [-0.2, 0) is 16.0 Å². The minimum absolute atomic E-state index is 0.0234. The van der Waals surface area contributed by atoms with Crippen molar-refractivity contribution in [3.05, 3.63) is 29.8 Å². The first-order valence-electron chi connectivity index (χ1n) is 7.38. The topological polar surface area (TPSA) is 67.4 Å². The predicted molar refractivity (Wildman–Crippen MR) is 82.2 cm³/mol. The van der Waals surface area contributed by atoms with Gasteiger partial charge in [-0.3, -0.25) is 9.59 Å². The molecule has 0 aromatic heterocycles. The van der Waals surface area contributed by atoms with Gasteiger partial charge < -0.3 is 15.4 Å². The van der Waals surface area contributed by atoms with Crippen LogP contribution in [0.4, 0.5) is 8.78 Å². The molecular formula is C16H22F2N2O3. The SMILES string of the molecule is CC(=O)N[C@@H](C(=O)NCCc1ccc(OC(F)F)cc1)C(C)C. The zero-order valence-corrected chi connectivity index (χ0v) is 13.4. The van der Waals surface area contributed by atoms with Crippen molar-refractivity contribution >= 4 is 11.8 Å². The highest BCUT2D eigenvalue weighted by molar-refractivity contribution is 5.87. The standard InChI is InChI=1S/C16H22F2N2O3/c1-10(2)14(20-11(3)21)15(22)19-9-8-12-4-6-13(7-5-12)23-16(17)18/h4-7,10,14,16H,8-9H2,1-3H3,(H,19,22)(H,20,21)/t14-/m1/s1. The molecule has 1 rings (SSSR count). The highest BCUT2D eigenvalue weighted by atomic mass is 19.3. The quantitative estimate of drug-likeness (QED) is 0.768. The Hall–Kier alpha value is -2.18. The van der Waals surface area contributed by atoms with Crippen molar-refractivity contribution in [2.45, 2.75) is 39.8 Å². The van der Waals surface area contributed by atoms with Crippen LogP contribution in [0.25, 0.3) is 0 Å². The van der Waals surface area contributed by atoms with Gasteiger partial charge in [-0.2, -0.15) is 8.78 Å². The van der Waals surface area contributed by atoms with Crippen LogP contribution in [0.3, 0.4) is 0 Å². The number of benzene rings is 1. The van der Waals surface area contributed by atoms with Crippen LogP contribution in [0.2, 0.25) is 0 Å². The second-order valence-electron chi connectivity index (χ2n) is 5.49. The Morgan fingerprint density at radius 1 is 1.17 bits per heavy atom. The first-order valence-corrected chi connectivity index (χ1v) is 7.38. The van der Waals surface area contributed by atoms with E-state index in [4.69, 9.17) is 0 Å². The molecule has 1 aromatic rings. The fourth-order valence-electron chi connectivity index (χ4n) is 2.03. The van der Waals surface area contributed by atoms with E-state index in [9.17, 15) is 18.4 Å². The summed E-state index contributed by atoms with van der Waals surface area (Å²) in [5.41, 5.74) is 0.882. The number of rotatable bonds is 8. The molecule has 1 aromatic carbocycles. The summed E-state index contributed by atoms with van der Waals surface area (Å²) in [6.45, 7) is 2.61. The molecule has 0 saturated heterocycles. The van der Waals surface area contributed by atoms with Crippen molar-refractivity contribution < 1.29 is 23.1 Å². The van der Waals surface area contributed by atoms with Crippen LogP contribution in [0.5, 0.6) is 5.75 Å². The maximum absolute atomic E-state index is 12.1. The van der Waals surface area contributed by atoms with Crippen molar-refractivity contribution in [1.29, 1.82) is 0 Å². The number of hydrogen-bond acceptors (Lipinski definition) is 3. The number of halogens is 2. The van der Waals surface area contributed by atoms with Gasteiger partial charge >= 0.3 is 6.61 Å². The lowest BCUT2D eigenvalue weighted by atomic mass is 10.0. The van der Waals surface area contributed by atoms with E-state index in [1.807, 2.05) is 13.8 Å². The third kappa shape index (κ3) is 7.08. The summed E-state index contributed by atoms with van der Waals surface area (Å²) in [4.78, 5) is 23.2. The molecule has 0 aliphatic rings. The number of carbonyl (C=O) groups excluding carboxylic acids is 2. The van der Waals surface area contributed by atoms with Gasteiger partial charge in [0.15, 0.2) is 0 Å². The number of amides is 2. The predicted octanol–water partition coefficient (Wildman–Crippen LogP) is 2.11. The van der Waals surface area contributed by atoms with Gasteiger partial charge in [0.1, 0.15) is 11.8 Å². The molecule has 5 nitrogen and oxygen atoms in total. The second-order valence-corrected chi connectivity index (χ2v) is 5.49. The second kappa shape index (κ2) is 9.07. The third-order valence-electron chi connectivity index (χ3n) is 3.17. The Bertz CT molecular complexity index is 519. The number of ether oxygens (including phenoxy) is 1. The van der Waals surface area contributed by atoms with Crippen molar-refractivity contribution in [3.63, 3.8) is 0 Å². The van der Waals surface area contributed by atoms with Crippen LogP contribution in [0.1, 0.15) is 26.3 Å². The van der Waals surface area contributed by atoms with Crippen LogP contribution in [0.15, 0.2) is 24.3 Å². The molecule has 128 valence electrons. The molecule has 2 N–H and O–H groups in total. The van der Waals surface area contributed by atoms with Crippen LogP contribution >= 0.6 is 0 Å². The summed E-state index contributed by atoms with van der Waals surface area (Å²) in [6, 6.07) is 5.67. The van der Waals surface area contributed by atoms with Crippen LogP contribution in [-0.4, -0.2) is 31.0 Å². The van der Waals surface area contributed by atoms with Gasteiger partial charge in [0.2, 0.25) is 11.8 Å². The number of hydrogen-bond donors (Lipinski definition) is 2. The molecule has 0 unspecified atom stereocenters. The summed E-state index contributed by atoms with van der Waals surface area (Å²) >= 11 is 0. The highest BCUT2D eigenvalue weighted by Crippen LogP contribution is 2.15. The summed E-state index contributed by atoms with van der Waals surface area (Å²) in [5, 5.41) is 5.37. The van der Waals surface area contributed by atoms with Crippen molar-refractivity contribution in [2.24, 2.45) is 5.92 Å². The van der Waals surface area contributed by atoms with Crippen LogP contribution < -0.4 is 15.4 Å². The molecule has 0 heterocycles. The molecule has 0 aliphatic heterocycles. The molecule has 0 aliphatic carbocycles. The Balaban J connectivity index is 2.45. The number of nitrogens with one attached hydrogen (secondary N) is 2. The van der Waals surface area contributed by atoms with Gasteiger partial charge in [0.25, 0.3) is 0 Å². The van der Waals surface area contributed by atoms with Crippen molar-refractivity contribution in [2.75, 3.05) is 6.54 Å². The number of carbonyl (C=O) groups is 2. The molecule has 1 atom stereocenters. The maximum Gasteiger partial charge on any atom is 0.387 e. The van der Waals surface area contributed by atoms with E-state index in [-0.39, 0.29) is 23.5 Å². The van der Waals surface area contributed by atoms with E-state index in [0.29, 0.717) is 13.0 Å². The lowest BCUT2D eigenvalue weighted by Gasteiger charge is -2.20. The van der Waals surface area contributed by atoms with E-state index in [1.54, 1.807) is 12.1 Å². The molecule has 7 heteroatoms. The average molecular weight is 328 g/mol. The first kappa shape index (κ1) is 18.9. The molecule has 0 radical (unpaired) electrons. The largest absolute Gasteiger partial charge is 0.435 e. The monoisotopic (exact) mass is 328 g/mol. The Morgan fingerprint density at radius 2 is 1.78 bits per heavy atom. The minimum Gasteiger partial charge on any atom is -0.435 e. The molecule has 0 spiro atoms. The maximum atomic E-state index is 12.1. The van der Waals surface area contributed by atoms with E-state index >= 15 is 0 Å². The normalized spacial score (nSPS) is 12.1. The van der Waals surface area contributed by atoms with Gasteiger partial charge in [0, 0.05) is 13.5 Å². The summed E-state index contributed by atoms with van der Waals surface area (Å²) in [5.74, 6) is -0.427. The molecule has 0 bridgehead atoms. The number of alkyl halides is 2. The van der Waals surface area contributed by atoms with Crippen LogP contribution in [0, 0.1) is 5.92 Å². The zero-order chi connectivity index (χ0) is 17.4. The fraction of sp³-hybridized carbons (Fsp3) is 0.500. The molecule has 0 fully saturated rings. The molecule has 0 saturated carbocycles. The first-order chi connectivity index (χ1) is 10.8. The average Bonchev–Trinajstić information content (AvgIpc) is 2.45. The van der Waals surface area contributed by atoms with E-state index in [0.717, 1.165) is 5.56 Å². The smallest absolute Gasteiger partial charge is 0.387 e. The fourth-order valence-corrected chi connectivity index (χ4v) is 2.03. The van der Waals surface area contributed by atoms with Gasteiger partial charge in [-0.15, -0.1) is 0 Å². The highest BCUT2D eigenvalue weighted by Gasteiger charge is 2.22. The molecular weight excluding hydrogens is 306 g/mol. The Morgan fingerprint density at radius 3 is 2.26 bits per heavy atom. The van der Waals surface area contributed by atoms with E-state index in [1.165, 1.54) is 19.1 Å². The summed E-state index contributed by atoms with van der Waals surface area (Å²) in [6.07, 6.45) is 0.547. The third-order valence-corrected chi connectivity index (χ3v) is 3.17. The zero-order valence-electron chi connectivity index (χ0n) is 13.4. The Labute approximate surface area is 134 Å². The van der Waals surface area contributed by atoms with Gasteiger partial charge in [-0.1, -0.05) is 26.0 Å². The molecule has 23 heavy (non-hydrogen) atoms. The lowest BCUT2D eigenvalue weighted by molar-refractivity contribution is -0.129. The molecule has 2 amide bonds. The van der Waals surface area contributed by atoms with Gasteiger partial charge in [-0.05, 0) is 30.0 Å². The lowest BCUT2D eigenvalue weighted by Crippen LogP contribution is -2.49. The van der Waals surface area contributed by atoms with E-state index in [2.05, 4.69) is 15.4 Å². The van der Waals surface area contributed by atoms with Gasteiger partial charge in [0.05, 0.1) is 0 Å². The summed E-state index contributed by atoms with van der Waals surface area (Å²) < 4.78 is 28.4.